The second-order valence-corrected chi connectivity index (χ2v) is 14.0. The van der Waals surface area contributed by atoms with E-state index < -0.39 is 0 Å². The zero-order valence-corrected chi connectivity index (χ0v) is 32.6. The molecule has 3 nitrogen and oxygen atoms in total. The molecular weight excluding hydrogens is 703 g/mol. The Bertz CT molecular complexity index is 2500. The van der Waals surface area contributed by atoms with E-state index in [1.54, 1.807) is 0 Å². The van der Waals surface area contributed by atoms with Gasteiger partial charge in [0.15, 0.2) is 0 Å². The summed E-state index contributed by atoms with van der Waals surface area (Å²) in [5, 5.41) is 0. The molecule has 0 aliphatic heterocycles. The first-order valence-electron chi connectivity index (χ1n) is 19.6. The lowest BCUT2D eigenvalue weighted by atomic mass is 10.0. The van der Waals surface area contributed by atoms with E-state index in [0.29, 0.717) is 0 Å². The van der Waals surface area contributed by atoms with Crippen molar-refractivity contribution in [1.29, 1.82) is 0 Å². The van der Waals surface area contributed by atoms with E-state index in [9.17, 15) is 0 Å². The number of anilines is 8. The molecule has 0 amide bonds. The van der Waals surface area contributed by atoms with Crippen LogP contribution < -0.4 is 14.7 Å². The zero-order valence-electron chi connectivity index (χ0n) is 32.6. The molecule has 0 radical (unpaired) electrons. The van der Waals surface area contributed by atoms with Gasteiger partial charge in [-0.1, -0.05) is 146 Å². The maximum absolute atomic E-state index is 4.18. The molecule has 0 spiro atoms. The molecule has 0 N–H and O–H groups in total. The highest BCUT2D eigenvalue weighted by molar-refractivity contribution is 5.82. The van der Waals surface area contributed by atoms with Crippen LogP contribution in [0.25, 0.3) is 16.7 Å². The quantitative estimate of drug-likeness (QED) is 0.109. The number of hydrogen-bond donors (Lipinski definition) is 0. The molecule has 0 aromatic heterocycles. The summed E-state index contributed by atoms with van der Waals surface area (Å²) in [6, 6.07) is 78.9. The molecule has 0 saturated carbocycles. The molecule has 0 fully saturated rings. The largest absolute Gasteiger partial charge is 0.315 e. The van der Waals surface area contributed by atoms with Crippen molar-refractivity contribution in [2.75, 3.05) is 14.7 Å². The van der Waals surface area contributed by atoms with E-state index in [0.717, 1.165) is 73.5 Å². The summed E-state index contributed by atoms with van der Waals surface area (Å²) in [6.07, 6.45) is 6.24. The second-order valence-electron chi connectivity index (χ2n) is 14.0. The number of rotatable bonds is 13. The molecule has 8 aromatic rings. The van der Waals surface area contributed by atoms with Crippen LogP contribution in [0, 0.1) is 0 Å². The van der Waals surface area contributed by atoms with Gasteiger partial charge >= 0.3 is 0 Å². The van der Waals surface area contributed by atoms with Gasteiger partial charge in [0.2, 0.25) is 0 Å². The summed E-state index contributed by atoms with van der Waals surface area (Å²) < 4.78 is 0. The van der Waals surface area contributed by atoms with E-state index in [4.69, 9.17) is 0 Å². The molecule has 280 valence electrons. The van der Waals surface area contributed by atoms with Crippen LogP contribution in [0.2, 0.25) is 0 Å². The van der Waals surface area contributed by atoms with Crippen LogP contribution in [0.3, 0.4) is 0 Å². The summed E-state index contributed by atoms with van der Waals surface area (Å²) >= 11 is 0. The molecule has 0 atom stereocenters. The summed E-state index contributed by atoms with van der Waals surface area (Å²) in [5.41, 5.74) is 14.4. The fourth-order valence-corrected chi connectivity index (χ4v) is 7.31. The van der Waals surface area contributed by atoms with Crippen molar-refractivity contribution in [3.05, 3.63) is 261 Å². The maximum atomic E-state index is 4.18. The fraction of sp³-hybridized carbons (Fsp3) is 0.0182. The number of benzene rings is 8. The van der Waals surface area contributed by atoms with Gasteiger partial charge in [0, 0.05) is 51.2 Å². The summed E-state index contributed by atoms with van der Waals surface area (Å²) in [4.78, 5) is 6.85. The smallest absolute Gasteiger partial charge is 0.0462 e. The maximum Gasteiger partial charge on any atom is 0.0462 e. The van der Waals surface area contributed by atoms with Gasteiger partial charge in [-0.15, -0.1) is 0 Å². The lowest BCUT2D eigenvalue weighted by molar-refractivity contribution is 1.16. The molecule has 0 saturated heterocycles. The monoisotopic (exact) mass is 747 g/mol. The van der Waals surface area contributed by atoms with Crippen LogP contribution in [0.4, 0.5) is 45.5 Å². The van der Waals surface area contributed by atoms with Gasteiger partial charge < -0.3 is 14.7 Å². The topological polar surface area (TPSA) is 9.72 Å². The van der Waals surface area contributed by atoms with Crippen LogP contribution in [0.15, 0.2) is 255 Å². The van der Waals surface area contributed by atoms with Crippen LogP contribution in [-0.2, 0) is 0 Å². The normalized spacial score (nSPS) is 11.5. The Morgan fingerprint density at radius 3 is 0.966 bits per heavy atom. The van der Waals surface area contributed by atoms with Crippen molar-refractivity contribution < 1.29 is 0 Å². The number of nitrogens with zero attached hydrogens (tertiary/aromatic N) is 3. The zero-order chi connectivity index (χ0) is 39.5. The third kappa shape index (κ3) is 8.45. The van der Waals surface area contributed by atoms with Gasteiger partial charge in [0.25, 0.3) is 0 Å². The first kappa shape index (κ1) is 37.3. The minimum Gasteiger partial charge on any atom is -0.315 e. The molecule has 58 heavy (non-hydrogen) atoms. The first-order chi connectivity index (χ1) is 28.7. The molecule has 0 heterocycles. The molecule has 0 bridgehead atoms. The average molecular weight is 748 g/mol. The van der Waals surface area contributed by atoms with Gasteiger partial charge in [-0.3, -0.25) is 0 Å². The lowest BCUT2D eigenvalue weighted by Gasteiger charge is -2.26. The van der Waals surface area contributed by atoms with Gasteiger partial charge in [-0.25, -0.2) is 0 Å². The van der Waals surface area contributed by atoms with Crippen molar-refractivity contribution in [2.45, 2.75) is 6.92 Å². The van der Waals surface area contributed by atoms with E-state index in [2.05, 4.69) is 253 Å². The highest BCUT2D eigenvalue weighted by atomic mass is 15.2. The number of para-hydroxylation sites is 5. The SMILES string of the molecule is C=C/C(=C\C=C(/C)N(c1ccccc1)c1ccccc1)c1ccc(N(c2ccccc2)c2ccc(-c3ccc(N(c4ccccc4)c4ccccc4)cc3)cc2)cc1. The predicted molar refractivity (Wildman–Crippen MR) is 248 cm³/mol. The molecular formula is C55H45N3. The number of hydrogen-bond acceptors (Lipinski definition) is 3. The molecule has 0 aliphatic rings. The van der Waals surface area contributed by atoms with Crippen LogP contribution in [0.1, 0.15) is 12.5 Å². The Balaban J connectivity index is 1.05. The molecule has 3 heteroatoms. The first-order valence-corrected chi connectivity index (χ1v) is 19.6. The van der Waals surface area contributed by atoms with Crippen molar-refractivity contribution in [1.82, 2.24) is 0 Å². The van der Waals surface area contributed by atoms with Crippen molar-refractivity contribution >= 4 is 51.1 Å². The predicted octanol–water partition coefficient (Wildman–Crippen LogP) is 15.6. The van der Waals surface area contributed by atoms with E-state index >= 15 is 0 Å². The minimum absolute atomic E-state index is 1.05. The molecule has 0 unspecified atom stereocenters. The van der Waals surface area contributed by atoms with Gasteiger partial charge in [0.05, 0.1) is 0 Å². The van der Waals surface area contributed by atoms with Crippen LogP contribution in [-0.4, -0.2) is 0 Å². The Kier molecular flexibility index (Phi) is 11.5. The van der Waals surface area contributed by atoms with Crippen LogP contribution in [0.5, 0.6) is 0 Å². The highest BCUT2D eigenvalue weighted by Gasteiger charge is 2.15. The standard InChI is InChI=1S/C55H45N3/c1-3-44(30-29-43(2)56(48-19-9-4-10-20-48)49-21-11-5-12-22-49)45-31-37-54(38-32-45)58(52-27-17-8-18-28-52)55-41-35-47(36-42-55)46-33-39-53(40-34-46)57(50-23-13-6-14-24-50)51-25-15-7-16-26-51/h3-42H,1H2,2H3/b43-29+,44-30+. The summed E-state index contributed by atoms with van der Waals surface area (Å²) in [7, 11) is 0. The Morgan fingerprint density at radius 1 is 0.345 bits per heavy atom. The Hall–Kier alpha value is -7.62. The van der Waals surface area contributed by atoms with Crippen LogP contribution >= 0.6 is 0 Å². The van der Waals surface area contributed by atoms with E-state index in [1.807, 2.05) is 18.2 Å². The van der Waals surface area contributed by atoms with Crippen molar-refractivity contribution in [3.63, 3.8) is 0 Å². The van der Waals surface area contributed by atoms with Crippen molar-refractivity contribution in [3.8, 4) is 11.1 Å². The van der Waals surface area contributed by atoms with E-state index in [1.165, 1.54) is 0 Å². The Labute approximate surface area is 343 Å². The summed E-state index contributed by atoms with van der Waals surface area (Å²) in [6.45, 7) is 6.32. The van der Waals surface area contributed by atoms with Gasteiger partial charge in [0.1, 0.15) is 0 Å². The van der Waals surface area contributed by atoms with E-state index in [-0.39, 0.29) is 0 Å². The minimum atomic E-state index is 1.05. The highest BCUT2D eigenvalue weighted by Crippen LogP contribution is 2.38. The second kappa shape index (κ2) is 17.9. The third-order valence-corrected chi connectivity index (χ3v) is 10.2. The molecule has 8 rings (SSSR count). The van der Waals surface area contributed by atoms with Gasteiger partial charge in [-0.05, 0) is 132 Å². The van der Waals surface area contributed by atoms with Crippen molar-refractivity contribution in [2.24, 2.45) is 0 Å². The fourth-order valence-electron chi connectivity index (χ4n) is 7.31. The molecule has 0 aliphatic carbocycles. The third-order valence-electron chi connectivity index (χ3n) is 10.2. The summed E-state index contributed by atoms with van der Waals surface area (Å²) in [5.74, 6) is 0. The van der Waals surface area contributed by atoms with Gasteiger partial charge in [-0.2, -0.15) is 0 Å². The Morgan fingerprint density at radius 2 is 0.638 bits per heavy atom. The number of allylic oxidation sites excluding steroid dienone is 5. The molecule has 8 aromatic carbocycles. The lowest BCUT2D eigenvalue weighted by Crippen LogP contribution is -2.14. The average Bonchev–Trinajstić information content (AvgIpc) is 3.30.